The maximum atomic E-state index is 5.34. The van der Waals surface area contributed by atoms with Gasteiger partial charge < -0.3 is 5.73 Å². The smallest absolute Gasteiger partial charge is 0.00718 e. The summed E-state index contributed by atoms with van der Waals surface area (Å²) >= 11 is 0. The van der Waals surface area contributed by atoms with Gasteiger partial charge in [-0.25, -0.2) is 0 Å². The molecule has 0 amide bonds. The molecule has 0 bridgehead atoms. The SMILES string of the molecule is C=C/C=C\[C@H](C)CCN. The number of allylic oxidation sites excluding steroid dienone is 3. The Labute approximate surface area is 57.3 Å². The van der Waals surface area contributed by atoms with E-state index in [2.05, 4.69) is 19.6 Å². The predicted molar refractivity (Wildman–Crippen MR) is 42.2 cm³/mol. The van der Waals surface area contributed by atoms with Crippen molar-refractivity contribution in [3.63, 3.8) is 0 Å². The van der Waals surface area contributed by atoms with Crippen molar-refractivity contribution in [1.29, 1.82) is 0 Å². The van der Waals surface area contributed by atoms with Gasteiger partial charge >= 0.3 is 0 Å². The molecular weight excluding hydrogens is 110 g/mol. The van der Waals surface area contributed by atoms with Crippen LogP contribution in [0.2, 0.25) is 0 Å². The van der Waals surface area contributed by atoms with E-state index in [1.807, 2.05) is 6.08 Å². The molecule has 0 heterocycles. The van der Waals surface area contributed by atoms with Gasteiger partial charge in [0.1, 0.15) is 0 Å². The van der Waals surface area contributed by atoms with E-state index < -0.39 is 0 Å². The van der Waals surface area contributed by atoms with Crippen molar-refractivity contribution in [2.45, 2.75) is 13.3 Å². The number of rotatable bonds is 4. The fourth-order valence-electron chi connectivity index (χ4n) is 0.627. The molecule has 0 aliphatic heterocycles. The molecule has 0 fully saturated rings. The van der Waals surface area contributed by atoms with E-state index in [0.717, 1.165) is 13.0 Å². The first kappa shape index (κ1) is 8.44. The van der Waals surface area contributed by atoms with E-state index in [-0.39, 0.29) is 0 Å². The molecule has 0 aliphatic carbocycles. The monoisotopic (exact) mass is 125 g/mol. The molecule has 0 aromatic heterocycles. The molecule has 0 spiro atoms. The molecule has 0 aliphatic rings. The largest absolute Gasteiger partial charge is 0.330 e. The standard InChI is InChI=1S/C8H15N/c1-3-4-5-8(2)6-7-9/h3-5,8H,1,6-7,9H2,2H3/b5-4-/t8-/m0/s1. The summed E-state index contributed by atoms with van der Waals surface area (Å²) in [5.41, 5.74) is 5.34. The van der Waals surface area contributed by atoms with Crippen molar-refractivity contribution >= 4 is 0 Å². The van der Waals surface area contributed by atoms with Gasteiger partial charge in [0.2, 0.25) is 0 Å². The first-order valence-corrected chi connectivity index (χ1v) is 3.30. The van der Waals surface area contributed by atoms with Gasteiger partial charge in [-0.1, -0.05) is 31.7 Å². The Bertz CT molecular complexity index is 94.7. The van der Waals surface area contributed by atoms with E-state index in [4.69, 9.17) is 5.73 Å². The molecular formula is C8H15N. The van der Waals surface area contributed by atoms with Crippen molar-refractivity contribution in [2.75, 3.05) is 6.54 Å². The van der Waals surface area contributed by atoms with Gasteiger partial charge in [0.25, 0.3) is 0 Å². The van der Waals surface area contributed by atoms with Crippen LogP contribution in [0.1, 0.15) is 13.3 Å². The highest BCUT2D eigenvalue weighted by Gasteiger charge is 1.90. The molecule has 0 aromatic carbocycles. The van der Waals surface area contributed by atoms with Gasteiger partial charge in [0, 0.05) is 0 Å². The number of nitrogens with two attached hydrogens (primary N) is 1. The van der Waals surface area contributed by atoms with Crippen LogP contribution in [0.4, 0.5) is 0 Å². The summed E-state index contributed by atoms with van der Waals surface area (Å²) < 4.78 is 0. The van der Waals surface area contributed by atoms with Crippen molar-refractivity contribution in [2.24, 2.45) is 11.7 Å². The zero-order valence-corrected chi connectivity index (χ0v) is 6.01. The Hall–Kier alpha value is -0.560. The predicted octanol–water partition coefficient (Wildman–Crippen LogP) is 1.71. The minimum absolute atomic E-state index is 0.591. The highest BCUT2D eigenvalue weighted by molar-refractivity contribution is 4.99. The molecule has 0 saturated carbocycles. The summed E-state index contributed by atoms with van der Waals surface area (Å²) in [5.74, 6) is 0.591. The van der Waals surface area contributed by atoms with Gasteiger partial charge in [-0.3, -0.25) is 0 Å². The molecule has 0 unspecified atom stereocenters. The summed E-state index contributed by atoms with van der Waals surface area (Å²) in [5, 5.41) is 0. The topological polar surface area (TPSA) is 26.0 Å². The van der Waals surface area contributed by atoms with Crippen LogP contribution < -0.4 is 5.73 Å². The van der Waals surface area contributed by atoms with Crippen molar-refractivity contribution in [3.8, 4) is 0 Å². The van der Waals surface area contributed by atoms with Crippen LogP contribution in [0.5, 0.6) is 0 Å². The van der Waals surface area contributed by atoms with Crippen LogP contribution in [0.15, 0.2) is 24.8 Å². The van der Waals surface area contributed by atoms with E-state index in [1.54, 1.807) is 6.08 Å². The first-order chi connectivity index (χ1) is 4.31. The van der Waals surface area contributed by atoms with Crippen LogP contribution >= 0.6 is 0 Å². The molecule has 1 atom stereocenters. The Balaban J connectivity index is 3.35. The molecule has 2 N–H and O–H groups in total. The average molecular weight is 125 g/mol. The summed E-state index contributed by atoms with van der Waals surface area (Å²) in [7, 11) is 0. The van der Waals surface area contributed by atoms with E-state index in [9.17, 15) is 0 Å². The van der Waals surface area contributed by atoms with E-state index >= 15 is 0 Å². The molecule has 1 nitrogen and oxygen atoms in total. The minimum atomic E-state index is 0.591. The molecule has 9 heavy (non-hydrogen) atoms. The molecule has 1 heteroatoms. The maximum absolute atomic E-state index is 5.34. The lowest BCUT2D eigenvalue weighted by Crippen LogP contribution is -2.03. The quantitative estimate of drug-likeness (QED) is 0.569. The van der Waals surface area contributed by atoms with Gasteiger partial charge in [-0.15, -0.1) is 0 Å². The summed E-state index contributed by atoms with van der Waals surface area (Å²) in [4.78, 5) is 0. The maximum Gasteiger partial charge on any atom is -0.00718 e. The third-order valence-corrected chi connectivity index (χ3v) is 1.20. The highest BCUT2D eigenvalue weighted by atomic mass is 14.5. The minimum Gasteiger partial charge on any atom is -0.330 e. The third-order valence-electron chi connectivity index (χ3n) is 1.20. The second kappa shape index (κ2) is 5.57. The zero-order chi connectivity index (χ0) is 7.11. The average Bonchev–Trinajstić information content (AvgIpc) is 1.85. The Kier molecular flexibility index (Phi) is 5.23. The summed E-state index contributed by atoms with van der Waals surface area (Å²) in [6.07, 6.45) is 6.91. The van der Waals surface area contributed by atoms with Crippen LogP contribution in [0.3, 0.4) is 0 Å². The van der Waals surface area contributed by atoms with Crippen molar-refractivity contribution in [1.82, 2.24) is 0 Å². The number of hydrogen-bond acceptors (Lipinski definition) is 1. The highest BCUT2D eigenvalue weighted by Crippen LogP contribution is 2.00. The van der Waals surface area contributed by atoms with Crippen LogP contribution in [-0.2, 0) is 0 Å². The third kappa shape index (κ3) is 5.31. The van der Waals surface area contributed by atoms with Gasteiger partial charge in [0.15, 0.2) is 0 Å². The van der Waals surface area contributed by atoms with Crippen LogP contribution in [-0.4, -0.2) is 6.54 Å². The van der Waals surface area contributed by atoms with E-state index in [1.165, 1.54) is 0 Å². The normalized spacial score (nSPS) is 14.0. The molecule has 0 radical (unpaired) electrons. The molecule has 0 rings (SSSR count). The van der Waals surface area contributed by atoms with Gasteiger partial charge in [-0.2, -0.15) is 0 Å². The van der Waals surface area contributed by atoms with Crippen molar-refractivity contribution in [3.05, 3.63) is 24.8 Å². The lowest BCUT2D eigenvalue weighted by atomic mass is 10.1. The van der Waals surface area contributed by atoms with Crippen LogP contribution in [0.25, 0.3) is 0 Å². The van der Waals surface area contributed by atoms with Gasteiger partial charge in [-0.05, 0) is 18.9 Å². The summed E-state index contributed by atoms with van der Waals surface area (Å²) in [6.45, 7) is 6.49. The lowest BCUT2D eigenvalue weighted by Gasteiger charge is -2.00. The molecule has 0 aromatic rings. The van der Waals surface area contributed by atoms with Crippen molar-refractivity contribution < 1.29 is 0 Å². The number of hydrogen-bond donors (Lipinski definition) is 1. The zero-order valence-electron chi connectivity index (χ0n) is 6.01. The van der Waals surface area contributed by atoms with Gasteiger partial charge in [0.05, 0.1) is 0 Å². The second-order valence-corrected chi connectivity index (χ2v) is 2.18. The Morgan fingerprint density at radius 3 is 2.78 bits per heavy atom. The summed E-state index contributed by atoms with van der Waals surface area (Å²) in [6, 6.07) is 0. The Morgan fingerprint density at radius 2 is 2.33 bits per heavy atom. The fraction of sp³-hybridized carbons (Fsp3) is 0.500. The lowest BCUT2D eigenvalue weighted by molar-refractivity contribution is 0.658. The first-order valence-electron chi connectivity index (χ1n) is 3.30. The Morgan fingerprint density at radius 1 is 1.67 bits per heavy atom. The van der Waals surface area contributed by atoms with Crippen LogP contribution in [0, 0.1) is 5.92 Å². The van der Waals surface area contributed by atoms with E-state index in [0.29, 0.717) is 5.92 Å². The second-order valence-electron chi connectivity index (χ2n) is 2.18. The fourth-order valence-corrected chi connectivity index (χ4v) is 0.627. The molecule has 52 valence electrons. The molecule has 0 saturated heterocycles.